The minimum absolute atomic E-state index is 0.0847. The molecule has 6 nitrogen and oxygen atoms in total. The smallest absolute Gasteiger partial charge is 0.291 e. The van der Waals surface area contributed by atoms with Crippen LogP contribution in [0.2, 0.25) is 5.02 Å². The summed E-state index contributed by atoms with van der Waals surface area (Å²) in [5, 5.41) is 1.05. The molecule has 0 saturated heterocycles. The van der Waals surface area contributed by atoms with Gasteiger partial charge >= 0.3 is 0 Å². The average Bonchev–Trinajstić information content (AvgIpc) is 3.39. The Bertz CT molecular complexity index is 1540. The molecule has 6 rings (SSSR count). The van der Waals surface area contributed by atoms with Crippen LogP contribution in [-0.2, 0) is 6.54 Å². The molecule has 3 aromatic carbocycles. The lowest BCUT2D eigenvalue weighted by atomic mass is 9.97. The van der Waals surface area contributed by atoms with Crippen molar-refractivity contribution in [3.8, 4) is 11.5 Å². The van der Waals surface area contributed by atoms with Crippen molar-refractivity contribution in [1.82, 2.24) is 4.90 Å². The number of hydrogen-bond acceptors (Lipinski definition) is 5. The molecule has 0 fully saturated rings. The summed E-state index contributed by atoms with van der Waals surface area (Å²) < 4.78 is 17.0. The number of carbonyl (C=O) groups is 1. The maximum absolute atomic E-state index is 13.7. The molecule has 1 atom stereocenters. The second-order valence-corrected chi connectivity index (χ2v) is 9.12. The normalized spacial score (nSPS) is 16.4. The maximum Gasteiger partial charge on any atom is 0.291 e. The van der Waals surface area contributed by atoms with Crippen molar-refractivity contribution in [3.05, 3.63) is 103 Å². The van der Waals surface area contributed by atoms with E-state index in [2.05, 4.69) is 0 Å². The first kappa shape index (κ1) is 20.8. The van der Waals surface area contributed by atoms with Crippen LogP contribution < -0.4 is 14.9 Å². The van der Waals surface area contributed by atoms with Gasteiger partial charge in [-0.3, -0.25) is 9.59 Å². The molecule has 0 spiro atoms. The number of halogens is 1. The van der Waals surface area contributed by atoms with Crippen LogP contribution in [0.3, 0.4) is 0 Å². The molecule has 7 heteroatoms. The molecule has 0 bridgehead atoms. The highest BCUT2D eigenvalue weighted by Crippen LogP contribution is 2.41. The van der Waals surface area contributed by atoms with Crippen molar-refractivity contribution >= 4 is 28.5 Å². The van der Waals surface area contributed by atoms with E-state index in [1.165, 1.54) is 0 Å². The molecular weight excluding hydrogens is 454 g/mol. The molecule has 2 aliphatic heterocycles. The Labute approximate surface area is 200 Å². The van der Waals surface area contributed by atoms with Crippen molar-refractivity contribution in [1.29, 1.82) is 0 Å². The minimum Gasteiger partial charge on any atom is -0.454 e. The molecule has 1 unspecified atom stereocenters. The topological polar surface area (TPSA) is 69.0 Å². The number of benzene rings is 3. The first-order valence-electron chi connectivity index (χ1n) is 10.9. The molecule has 0 saturated carbocycles. The van der Waals surface area contributed by atoms with Gasteiger partial charge in [-0.1, -0.05) is 29.8 Å². The quantitative estimate of drug-likeness (QED) is 0.391. The molecule has 34 heavy (non-hydrogen) atoms. The number of nitrogens with zero attached hydrogens (tertiary/aromatic N) is 1. The number of fused-ring (bicyclic) bond motifs is 3. The van der Waals surface area contributed by atoms with Gasteiger partial charge in [0.1, 0.15) is 5.58 Å². The molecule has 1 aromatic heterocycles. The van der Waals surface area contributed by atoms with Gasteiger partial charge in [-0.25, -0.2) is 0 Å². The van der Waals surface area contributed by atoms with Gasteiger partial charge in [-0.2, -0.15) is 0 Å². The van der Waals surface area contributed by atoms with Crippen LogP contribution in [0.1, 0.15) is 44.4 Å². The first-order valence-corrected chi connectivity index (χ1v) is 11.3. The lowest BCUT2D eigenvalue weighted by molar-refractivity contribution is 0.0714. The van der Waals surface area contributed by atoms with Gasteiger partial charge in [0.25, 0.3) is 5.91 Å². The Balaban J connectivity index is 1.53. The fourth-order valence-electron chi connectivity index (χ4n) is 4.67. The van der Waals surface area contributed by atoms with E-state index >= 15 is 0 Å². The summed E-state index contributed by atoms with van der Waals surface area (Å²) in [7, 11) is 0. The number of rotatable bonds is 3. The van der Waals surface area contributed by atoms with Crippen molar-refractivity contribution in [3.63, 3.8) is 0 Å². The van der Waals surface area contributed by atoms with Gasteiger partial charge in [0.2, 0.25) is 12.6 Å². The summed E-state index contributed by atoms with van der Waals surface area (Å²) in [5.74, 6) is 1.06. The van der Waals surface area contributed by atoms with Crippen LogP contribution >= 0.6 is 11.6 Å². The summed E-state index contributed by atoms with van der Waals surface area (Å²) in [6.07, 6.45) is 0. The SMILES string of the molecule is Cc1cc2oc3c(c(=O)c2cc1C)C(c1ccc(Cl)cc1)N(Cc1ccc2c(c1)OCO2)C3=O. The fraction of sp³-hybridized carbons (Fsp3) is 0.185. The Hall–Kier alpha value is -3.77. The van der Waals surface area contributed by atoms with E-state index in [4.69, 9.17) is 25.5 Å². The molecular formula is C27H20ClNO5. The molecule has 4 aromatic rings. The lowest BCUT2D eigenvalue weighted by Gasteiger charge is -2.25. The summed E-state index contributed by atoms with van der Waals surface area (Å²) in [5.41, 5.74) is 4.20. The van der Waals surface area contributed by atoms with Crippen LogP contribution in [-0.4, -0.2) is 17.6 Å². The standard InChI is InChI=1S/C27H20ClNO5/c1-14-9-19-21(10-15(14)2)34-26-23(25(19)30)24(17-4-6-18(28)7-5-17)29(27(26)31)12-16-3-8-20-22(11-16)33-13-32-20/h3-11,24H,12-13H2,1-2H3. The summed E-state index contributed by atoms with van der Waals surface area (Å²) in [4.78, 5) is 29.0. The van der Waals surface area contributed by atoms with E-state index in [0.29, 0.717) is 33.1 Å². The number of carbonyl (C=O) groups excluding carboxylic acids is 1. The second kappa shape index (κ2) is 7.64. The third-order valence-corrected chi connectivity index (χ3v) is 6.81. The zero-order chi connectivity index (χ0) is 23.6. The van der Waals surface area contributed by atoms with Gasteiger partial charge < -0.3 is 18.8 Å². The van der Waals surface area contributed by atoms with E-state index in [1.54, 1.807) is 17.0 Å². The van der Waals surface area contributed by atoms with Crippen molar-refractivity contribution in [2.45, 2.75) is 26.4 Å². The van der Waals surface area contributed by atoms with Gasteiger partial charge in [0.05, 0.1) is 17.0 Å². The van der Waals surface area contributed by atoms with E-state index in [9.17, 15) is 9.59 Å². The highest BCUT2D eigenvalue weighted by molar-refractivity contribution is 6.30. The van der Waals surface area contributed by atoms with Gasteiger partial charge in [0, 0.05) is 11.6 Å². The lowest BCUT2D eigenvalue weighted by Crippen LogP contribution is -2.29. The van der Waals surface area contributed by atoms with Crippen LogP contribution in [0.5, 0.6) is 11.5 Å². The Morgan fingerprint density at radius 2 is 1.68 bits per heavy atom. The number of ether oxygens (including phenoxy) is 2. The van der Waals surface area contributed by atoms with Crippen LogP contribution in [0.25, 0.3) is 11.0 Å². The Kier molecular flexibility index (Phi) is 4.67. The van der Waals surface area contributed by atoms with Crippen LogP contribution in [0.4, 0.5) is 0 Å². The fourth-order valence-corrected chi connectivity index (χ4v) is 4.79. The largest absolute Gasteiger partial charge is 0.454 e. The molecule has 0 aliphatic carbocycles. The number of hydrogen-bond donors (Lipinski definition) is 0. The number of amides is 1. The predicted octanol–water partition coefficient (Wildman–Crippen LogP) is 5.54. The van der Waals surface area contributed by atoms with Crippen molar-refractivity contribution in [2.24, 2.45) is 0 Å². The molecule has 3 heterocycles. The van der Waals surface area contributed by atoms with Gasteiger partial charge in [-0.05, 0) is 72.5 Å². The van der Waals surface area contributed by atoms with Gasteiger partial charge in [0.15, 0.2) is 16.9 Å². The molecule has 2 aliphatic rings. The third-order valence-electron chi connectivity index (χ3n) is 6.56. The molecule has 0 N–H and O–H groups in total. The van der Waals surface area contributed by atoms with E-state index in [1.807, 2.05) is 56.3 Å². The van der Waals surface area contributed by atoms with Gasteiger partial charge in [-0.15, -0.1) is 0 Å². The zero-order valence-electron chi connectivity index (χ0n) is 18.6. The predicted molar refractivity (Wildman–Crippen MR) is 128 cm³/mol. The second-order valence-electron chi connectivity index (χ2n) is 8.68. The summed E-state index contributed by atoms with van der Waals surface area (Å²) in [6.45, 7) is 4.34. The van der Waals surface area contributed by atoms with Crippen molar-refractivity contribution in [2.75, 3.05) is 6.79 Å². The van der Waals surface area contributed by atoms with E-state index in [-0.39, 0.29) is 30.4 Å². The van der Waals surface area contributed by atoms with Crippen LogP contribution in [0.15, 0.2) is 63.8 Å². The minimum atomic E-state index is -0.604. The monoisotopic (exact) mass is 473 g/mol. The third kappa shape index (κ3) is 3.17. The highest BCUT2D eigenvalue weighted by atomic mass is 35.5. The molecule has 0 radical (unpaired) electrons. The number of aryl methyl sites for hydroxylation is 2. The summed E-state index contributed by atoms with van der Waals surface area (Å²) >= 11 is 6.12. The highest BCUT2D eigenvalue weighted by Gasteiger charge is 2.42. The van der Waals surface area contributed by atoms with E-state index in [0.717, 1.165) is 22.3 Å². The Morgan fingerprint density at radius 1 is 0.941 bits per heavy atom. The van der Waals surface area contributed by atoms with Crippen LogP contribution in [0, 0.1) is 13.8 Å². The first-order chi connectivity index (χ1) is 16.4. The maximum atomic E-state index is 13.7. The zero-order valence-corrected chi connectivity index (χ0v) is 19.3. The Morgan fingerprint density at radius 3 is 2.47 bits per heavy atom. The average molecular weight is 474 g/mol. The summed E-state index contributed by atoms with van der Waals surface area (Å²) in [6, 6.07) is 15.8. The van der Waals surface area contributed by atoms with E-state index < -0.39 is 6.04 Å². The van der Waals surface area contributed by atoms with Crippen molar-refractivity contribution < 1.29 is 18.7 Å². The molecule has 1 amide bonds. The molecule has 170 valence electrons.